The second-order valence-electron chi connectivity index (χ2n) is 5.42. The lowest BCUT2D eigenvalue weighted by atomic mass is 9.97. The minimum Gasteiger partial charge on any atom is -0.394 e. The van der Waals surface area contributed by atoms with Gasteiger partial charge in [-0.15, -0.1) is 0 Å². The zero-order valence-electron chi connectivity index (χ0n) is 12.8. The van der Waals surface area contributed by atoms with Crippen molar-refractivity contribution in [2.75, 3.05) is 11.9 Å². The van der Waals surface area contributed by atoms with Crippen LogP contribution in [0.5, 0.6) is 0 Å². The first kappa shape index (κ1) is 19.9. The van der Waals surface area contributed by atoms with E-state index in [-0.39, 0.29) is 10.0 Å². The summed E-state index contributed by atoms with van der Waals surface area (Å²) in [6.45, 7) is -0.568. The van der Waals surface area contributed by atoms with Crippen LogP contribution in [0.15, 0.2) is 29.2 Å². The lowest BCUT2D eigenvalue weighted by Gasteiger charge is -2.40. The predicted octanol–water partition coefficient (Wildman–Crippen LogP) is -2.58. The van der Waals surface area contributed by atoms with Gasteiger partial charge in [0, 0.05) is 5.69 Å². The molecule has 2 rings (SSSR count). The van der Waals surface area contributed by atoms with Gasteiger partial charge in [0.25, 0.3) is 0 Å². The number of rotatable bonds is 4. The molecule has 10 nitrogen and oxygen atoms in total. The number of nitrogens with two attached hydrogens (primary N) is 1. The van der Waals surface area contributed by atoms with Gasteiger partial charge >= 0.3 is 0 Å². The molecule has 1 aliphatic rings. The maximum Gasteiger partial charge on any atom is 0.238 e. The fourth-order valence-corrected chi connectivity index (χ4v) is 3.07. The summed E-state index contributed by atoms with van der Waals surface area (Å²) in [6, 6.07) is 4.27. The second-order valence-corrected chi connectivity index (χ2v) is 7.39. The number of hydrogen-bond donors (Lipinski definition) is 7. The van der Waals surface area contributed by atoms with Crippen molar-refractivity contribution in [3.05, 3.63) is 24.3 Å². The highest BCUT2D eigenvalue weighted by molar-refractivity contribution is 7.89. The Labute approximate surface area is 149 Å². The lowest BCUT2D eigenvalue weighted by Crippen LogP contribution is -2.64. The van der Waals surface area contributed by atoms with Crippen LogP contribution in [0, 0.1) is 0 Å². The highest BCUT2D eigenvalue weighted by Crippen LogP contribution is 2.20. The van der Waals surface area contributed by atoms with E-state index in [0.29, 0.717) is 5.69 Å². The topological polar surface area (TPSA) is 174 Å². The highest BCUT2D eigenvalue weighted by Gasteiger charge is 2.43. The Balaban J connectivity index is 2.00. The molecule has 0 bridgehead atoms. The summed E-state index contributed by atoms with van der Waals surface area (Å²) in [5.41, 5.74) is 0.430. The number of nitrogens with one attached hydrogen (secondary N) is 2. The normalized spacial score (nSPS) is 29.9. The van der Waals surface area contributed by atoms with E-state index in [2.05, 4.69) is 10.6 Å². The Hall–Kier alpha value is -1.38. The van der Waals surface area contributed by atoms with E-state index in [1.54, 1.807) is 0 Å². The van der Waals surface area contributed by atoms with Crippen LogP contribution >= 0.6 is 12.2 Å². The van der Waals surface area contributed by atoms with Crippen LogP contribution in [0.3, 0.4) is 0 Å². The van der Waals surface area contributed by atoms with E-state index >= 15 is 0 Å². The summed E-state index contributed by atoms with van der Waals surface area (Å²) in [5, 5.41) is 49.0. The smallest absolute Gasteiger partial charge is 0.238 e. The molecule has 0 aromatic heterocycles. The standard InChI is InChI=1S/C13H19N3O7S2/c14-25(21,22)7-3-1-6(2-4-7)15-13(24)16-9-11(19)10(18)8(5-17)23-12(9)20/h1-4,8-12,17-20H,5H2,(H2,14,21,22)(H2,15,16,24)/t8-,9-,10-,11-,12?/m1/s1. The Bertz CT molecular complexity index is 713. The first-order valence-corrected chi connectivity index (χ1v) is 9.10. The van der Waals surface area contributed by atoms with Crippen LogP contribution in [0.2, 0.25) is 0 Å². The second kappa shape index (κ2) is 7.88. The number of aliphatic hydroxyl groups excluding tert-OH is 4. The molecule has 0 radical (unpaired) electrons. The quantitative estimate of drug-likeness (QED) is 0.269. The Morgan fingerprint density at radius 3 is 2.32 bits per heavy atom. The van der Waals surface area contributed by atoms with Gasteiger partial charge in [0.2, 0.25) is 10.0 Å². The van der Waals surface area contributed by atoms with E-state index < -0.39 is 47.3 Å². The number of hydrogen-bond acceptors (Lipinski definition) is 8. The lowest BCUT2D eigenvalue weighted by molar-refractivity contribution is -0.251. The molecule has 140 valence electrons. The number of thiocarbonyl (C=S) groups is 1. The maximum absolute atomic E-state index is 11.2. The Kier molecular flexibility index (Phi) is 6.29. The fraction of sp³-hybridized carbons (Fsp3) is 0.462. The highest BCUT2D eigenvalue weighted by atomic mass is 32.2. The molecular formula is C13H19N3O7S2. The van der Waals surface area contributed by atoms with E-state index in [1.165, 1.54) is 24.3 Å². The number of aliphatic hydroxyl groups is 4. The summed E-state index contributed by atoms with van der Waals surface area (Å²) in [4.78, 5) is -0.0679. The number of ether oxygens (including phenoxy) is 1. The van der Waals surface area contributed by atoms with Gasteiger partial charge in [-0.25, -0.2) is 13.6 Å². The molecule has 1 fully saturated rings. The molecule has 0 saturated carbocycles. The van der Waals surface area contributed by atoms with Crippen molar-refractivity contribution in [1.82, 2.24) is 5.32 Å². The first-order chi connectivity index (χ1) is 11.6. The maximum atomic E-state index is 11.2. The van der Waals surface area contributed by atoms with Crippen LogP contribution in [0.1, 0.15) is 0 Å². The van der Waals surface area contributed by atoms with Crippen LogP contribution < -0.4 is 15.8 Å². The van der Waals surface area contributed by atoms with Gasteiger partial charge in [0.05, 0.1) is 11.5 Å². The monoisotopic (exact) mass is 393 g/mol. The van der Waals surface area contributed by atoms with Crippen molar-refractivity contribution in [2.45, 2.75) is 35.5 Å². The van der Waals surface area contributed by atoms with Crippen molar-refractivity contribution in [3.8, 4) is 0 Å². The average Bonchev–Trinajstić information content (AvgIpc) is 2.54. The summed E-state index contributed by atoms with van der Waals surface area (Å²) >= 11 is 5.05. The summed E-state index contributed by atoms with van der Waals surface area (Å²) in [6.07, 6.45) is -5.48. The molecule has 1 aromatic carbocycles. The average molecular weight is 393 g/mol. The van der Waals surface area contributed by atoms with Gasteiger partial charge in [-0.3, -0.25) is 0 Å². The predicted molar refractivity (Wildman–Crippen MR) is 90.9 cm³/mol. The van der Waals surface area contributed by atoms with Gasteiger partial charge < -0.3 is 35.8 Å². The molecule has 1 saturated heterocycles. The van der Waals surface area contributed by atoms with Gasteiger partial charge in [-0.05, 0) is 36.5 Å². The molecule has 0 spiro atoms. The first-order valence-electron chi connectivity index (χ1n) is 7.14. The van der Waals surface area contributed by atoms with Crippen LogP contribution in [-0.2, 0) is 14.8 Å². The molecule has 25 heavy (non-hydrogen) atoms. The number of benzene rings is 1. The third-order valence-corrected chi connectivity index (χ3v) is 4.79. The summed E-state index contributed by atoms with van der Waals surface area (Å²) in [7, 11) is -3.81. The largest absolute Gasteiger partial charge is 0.394 e. The van der Waals surface area contributed by atoms with Crippen molar-refractivity contribution in [1.29, 1.82) is 0 Å². The van der Waals surface area contributed by atoms with Gasteiger partial charge in [-0.2, -0.15) is 0 Å². The molecule has 1 heterocycles. The van der Waals surface area contributed by atoms with E-state index in [9.17, 15) is 23.7 Å². The van der Waals surface area contributed by atoms with Crippen molar-refractivity contribution in [3.63, 3.8) is 0 Å². The molecule has 1 aliphatic heterocycles. The van der Waals surface area contributed by atoms with Crippen LogP contribution in [0.25, 0.3) is 0 Å². The molecule has 0 amide bonds. The molecule has 5 atom stereocenters. The molecule has 0 aliphatic carbocycles. The molecule has 8 N–H and O–H groups in total. The van der Waals surface area contributed by atoms with Crippen molar-refractivity contribution in [2.24, 2.45) is 5.14 Å². The number of sulfonamides is 1. The zero-order chi connectivity index (χ0) is 18.8. The van der Waals surface area contributed by atoms with Gasteiger partial charge in [-0.1, -0.05) is 0 Å². The molecule has 1 unspecified atom stereocenters. The van der Waals surface area contributed by atoms with Gasteiger partial charge in [0.1, 0.15) is 24.4 Å². The molecule has 1 aromatic rings. The minimum atomic E-state index is -3.81. The van der Waals surface area contributed by atoms with E-state index in [1.807, 2.05) is 0 Å². The van der Waals surface area contributed by atoms with Crippen molar-refractivity contribution < 1.29 is 33.6 Å². The van der Waals surface area contributed by atoms with E-state index in [0.717, 1.165) is 0 Å². The van der Waals surface area contributed by atoms with Crippen LogP contribution in [-0.4, -0.2) is 71.2 Å². The summed E-state index contributed by atoms with van der Waals surface area (Å²) < 4.78 is 27.4. The fourth-order valence-electron chi connectivity index (χ4n) is 2.30. The van der Waals surface area contributed by atoms with E-state index in [4.69, 9.17) is 27.2 Å². The Morgan fingerprint density at radius 2 is 1.80 bits per heavy atom. The SMILES string of the molecule is NS(=O)(=O)c1ccc(NC(=S)N[C@H]2C(O)O[C@H](CO)[C@@H](O)[C@@H]2O)cc1. The molecule has 12 heteroatoms. The Morgan fingerprint density at radius 1 is 1.20 bits per heavy atom. The number of anilines is 1. The van der Waals surface area contributed by atoms with Gasteiger partial charge in [0.15, 0.2) is 11.4 Å². The zero-order valence-corrected chi connectivity index (χ0v) is 14.4. The molecular weight excluding hydrogens is 374 g/mol. The van der Waals surface area contributed by atoms with Crippen molar-refractivity contribution >= 4 is 33.0 Å². The number of primary sulfonamides is 1. The summed E-state index contributed by atoms with van der Waals surface area (Å²) in [5.74, 6) is 0. The van der Waals surface area contributed by atoms with Crippen LogP contribution in [0.4, 0.5) is 5.69 Å². The third-order valence-electron chi connectivity index (χ3n) is 3.64. The minimum absolute atomic E-state index is 0.00953. The third kappa shape index (κ3) is 4.83.